The molecular weight excluding hydrogens is 870 g/mol. The Balaban J connectivity index is 1.33. The number of hydrogen-bond donors (Lipinski definition) is 0. The Bertz CT molecular complexity index is 2780. The van der Waals surface area contributed by atoms with Gasteiger partial charge in [0.05, 0.1) is 0 Å². The monoisotopic (exact) mass is 910 g/mol. The first-order valence-corrected chi connectivity index (χ1v) is 22.7. The second-order valence-corrected chi connectivity index (χ2v) is 17.2. The quantitative estimate of drug-likeness (QED) is 0.0903. The number of benzene rings is 5. The molecule has 4 aromatic heterocycles. The molecule has 0 aliphatic carbocycles. The van der Waals surface area contributed by atoms with Crippen molar-refractivity contribution in [2.45, 2.75) is 6.92 Å². The number of allylic oxidation sites excluding steroid dienone is 3. The van der Waals surface area contributed by atoms with Crippen LogP contribution in [0.1, 0.15) is 12.5 Å². The third-order valence-electron chi connectivity index (χ3n) is 10.4. The summed E-state index contributed by atoms with van der Waals surface area (Å²) in [6.45, 7) is 6.20. The second-order valence-electron chi connectivity index (χ2n) is 14.5. The van der Waals surface area contributed by atoms with Crippen molar-refractivity contribution in [3.05, 3.63) is 229 Å². The molecule has 9 aromatic rings. The normalized spacial score (nSPS) is 11.5. The molecule has 0 aliphatic rings. The van der Waals surface area contributed by atoms with Crippen molar-refractivity contribution in [1.82, 2.24) is 24.9 Å². The Morgan fingerprint density at radius 3 is 1.27 bits per heavy atom. The summed E-state index contributed by atoms with van der Waals surface area (Å²) in [5.74, 6) is 0.631. The Hall–Kier alpha value is -7.42. The SMILES string of the molecule is C=C[I-]/C(=C\C=C/C)c1cc(-c2cc(-c3cc(-c4ccccn4)cc(-c4ccccn4)c3)cc(-c3nc(-c4ccccc4)cc(-c4ccccc4)n3)c2)cc(-c2ccccn2)c1. The molecule has 62 heavy (non-hydrogen) atoms. The number of hydrogen-bond acceptors (Lipinski definition) is 5. The van der Waals surface area contributed by atoms with Gasteiger partial charge in [-0.2, -0.15) is 0 Å². The number of pyridine rings is 3. The molecule has 0 saturated carbocycles. The molecule has 6 heteroatoms. The first kappa shape index (κ1) is 40.0. The van der Waals surface area contributed by atoms with Gasteiger partial charge in [0.25, 0.3) is 0 Å². The van der Waals surface area contributed by atoms with Crippen LogP contribution in [0.3, 0.4) is 0 Å². The van der Waals surface area contributed by atoms with Crippen LogP contribution in [0.5, 0.6) is 0 Å². The predicted octanol–water partition coefficient (Wildman–Crippen LogP) is 11.1. The summed E-state index contributed by atoms with van der Waals surface area (Å²) < 4.78 is 3.33. The van der Waals surface area contributed by atoms with Crippen LogP contribution in [0.2, 0.25) is 0 Å². The van der Waals surface area contributed by atoms with E-state index in [-0.39, 0.29) is 0 Å². The van der Waals surface area contributed by atoms with Gasteiger partial charge in [0.1, 0.15) is 0 Å². The molecule has 0 atom stereocenters. The van der Waals surface area contributed by atoms with Crippen LogP contribution in [-0.2, 0) is 0 Å². The molecule has 4 heterocycles. The van der Waals surface area contributed by atoms with Crippen LogP contribution in [0.25, 0.3) is 93.5 Å². The fourth-order valence-electron chi connectivity index (χ4n) is 7.41. The van der Waals surface area contributed by atoms with E-state index in [0.29, 0.717) is 5.82 Å². The van der Waals surface area contributed by atoms with Gasteiger partial charge in [0, 0.05) is 12.4 Å². The summed E-state index contributed by atoms with van der Waals surface area (Å²) in [6.07, 6.45) is 11.9. The van der Waals surface area contributed by atoms with E-state index in [4.69, 9.17) is 24.9 Å². The van der Waals surface area contributed by atoms with Crippen molar-refractivity contribution in [3.8, 4) is 89.9 Å². The molecule has 0 fully saturated rings. The third kappa shape index (κ3) is 9.16. The first-order valence-electron chi connectivity index (χ1n) is 20.4. The zero-order chi connectivity index (χ0) is 42.1. The predicted molar refractivity (Wildman–Crippen MR) is 252 cm³/mol. The van der Waals surface area contributed by atoms with E-state index in [0.717, 1.165) is 89.7 Å². The maximum atomic E-state index is 5.30. The van der Waals surface area contributed by atoms with Gasteiger partial charge in [-0.3, -0.25) is 0 Å². The molecule has 9 rings (SSSR count). The molecule has 0 unspecified atom stereocenters. The fourth-order valence-corrected chi connectivity index (χ4v) is 8.97. The summed E-state index contributed by atoms with van der Waals surface area (Å²) in [5.41, 5.74) is 15.6. The summed E-state index contributed by atoms with van der Waals surface area (Å²) in [7, 11) is 0. The van der Waals surface area contributed by atoms with E-state index in [2.05, 4.69) is 120 Å². The van der Waals surface area contributed by atoms with Crippen molar-refractivity contribution < 1.29 is 21.2 Å². The Morgan fingerprint density at radius 2 is 0.823 bits per heavy atom. The van der Waals surface area contributed by atoms with E-state index in [1.54, 1.807) is 0 Å². The molecule has 0 saturated heterocycles. The Labute approximate surface area is 373 Å². The average Bonchev–Trinajstić information content (AvgIpc) is 3.36. The molecule has 5 aromatic carbocycles. The van der Waals surface area contributed by atoms with Gasteiger partial charge in [-0.05, 0) is 12.1 Å². The van der Waals surface area contributed by atoms with Gasteiger partial charge in [0.2, 0.25) is 0 Å². The van der Waals surface area contributed by atoms with Crippen molar-refractivity contribution >= 4 is 3.58 Å². The molecule has 298 valence electrons. The summed E-state index contributed by atoms with van der Waals surface area (Å²) in [5, 5.41) is 0. The van der Waals surface area contributed by atoms with Gasteiger partial charge >= 0.3 is 302 Å². The van der Waals surface area contributed by atoms with Crippen LogP contribution in [0.4, 0.5) is 0 Å². The van der Waals surface area contributed by atoms with Crippen molar-refractivity contribution in [2.24, 2.45) is 0 Å². The summed E-state index contributed by atoms with van der Waals surface area (Å²) in [4.78, 5) is 24.9. The molecule has 0 spiro atoms. The zero-order valence-electron chi connectivity index (χ0n) is 34.1. The van der Waals surface area contributed by atoms with Crippen LogP contribution < -0.4 is 21.2 Å². The number of rotatable bonds is 12. The number of nitrogens with zero attached hydrogens (tertiary/aromatic N) is 5. The van der Waals surface area contributed by atoms with E-state index < -0.39 is 21.2 Å². The van der Waals surface area contributed by atoms with Crippen LogP contribution in [0, 0.1) is 0 Å². The van der Waals surface area contributed by atoms with E-state index >= 15 is 0 Å². The standard InChI is InChI=1S/C56H41IN5/c1-3-5-22-50(57-4-2)45-30-43(31-46(36-45)51-23-12-15-26-58-51)41-29-42(44-32-47(52-24-13-16-27-59-52)37-48(33-44)53-25-14-17-28-60-53)35-49(34-41)56-61-54(39-18-8-6-9-19-39)38-55(62-56)40-20-10-7-11-21-40/h3-38H,2H2,1H3/q-1/b5-3-,50-22-. The Morgan fingerprint density at radius 1 is 0.419 bits per heavy atom. The van der Waals surface area contributed by atoms with Gasteiger partial charge in [0.15, 0.2) is 0 Å². The van der Waals surface area contributed by atoms with Crippen LogP contribution in [0.15, 0.2) is 223 Å². The minimum absolute atomic E-state index is 0.465. The first-order chi connectivity index (χ1) is 30.6. The van der Waals surface area contributed by atoms with Crippen molar-refractivity contribution in [2.75, 3.05) is 0 Å². The molecule has 0 N–H and O–H groups in total. The van der Waals surface area contributed by atoms with Gasteiger partial charge in [-0.1, -0.05) is 48.5 Å². The second kappa shape index (κ2) is 18.9. The topological polar surface area (TPSA) is 64.5 Å². The number of aromatic nitrogens is 5. The van der Waals surface area contributed by atoms with Crippen LogP contribution in [-0.4, -0.2) is 24.9 Å². The molecule has 0 amide bonds. The molecule has 0 bridgehead atoms. The Kier molecular flexibility index (Phi) is 12.2. The van der Waals surface area contributed by atoms with Crippen LogP contribution >= 0.6 is 0 Å². The molecule has 5 nitrogen and oxygen atoms in total. The van der Waals surface area contributed by atoms with Gasteiger partial charge in [-0.15, -0.1) is 0 Å². The van der Waals surface area contributed by atoms with E-state index in [1.807, 2.05) is 110 Å². The summed E-state index contributed by atoms with van der Waals surface area (Å²) in [6, 6.07) is 60.9. The van der Waals surface area contributed by atoms with E-state index in [9.17, 15) is 0 Å². The third-order valence-corrected chi connectivity index (χ3v) is 12.5. The average molecular weight is 911 g/mol. The zero-order valence-corrected chi connectivity index (χ0v) is 36.3. The number of halogens is 1. The van der Waals surface area contributed by atoms with Gasteiger partial charge < -0.3 is 0 Å². The summed E-state index contributed by atoms with van der Waals surface area (Å²) >= 11 is -0.465. The molecular formula is C56H41IN5-. The van der Waals surface area contributed by atoms with Crippen molar-refractivity contribution in [3.63, 3.8) is 0 Å². The van der Waals surface area contributed by atoms with E-state index in [1.165, 1.54) is 3.58 Å². The van der Waals surface area contributed by atoms with Gasteiger partial charge in [-0.25, -0.2) is 0 Å². The molecule has 0 radical (unpaired) electrons. The fraction of sp³-hybridized carbons (Fsp3) is 0.0179. The van der Waals surface area contributed by atoms with Crippen molar-refractivity contribution in [1.29, 1.82) is 0 Å². The minimum atomic E-state index is -0.465. The maximum absolute atomic E-state index is 5.30. The molecule has 0 aliphatic heterocycles.